The van der Waals surface area contributed by atoms with Gasteiger partial charge in [-0.1, -0.05) is 35.9 Å². The van der Waals surface area contributed by atoms with Crippen LogP contribution in [0.25, 0.3) is 0 Å². The van der Waals surface area contributed by atoms with Gasteiger partial charge in [-0.15, -0.1) is 0 Å². The molecule has 1 fully saturated rings. The SMILES string of the molecule is Fc1cccc(CN2CCN(c3ccccc3Cl)CC2)c1. The number of anilines is 1. The predicted molar refractivity (Wildman–Crippen MR) is 85.3 cm³/mol. The molecule has 1 aliphatic heterocycles. The van der Waals surface area contributed by atoms with E-state index in [1.807, 2.05) is 24.3 Å². The number of hydrogen-bond acceptors (Lipinski definition) is 2. The van der Waals surface area contributed by atoms with Gasteiger partial charge >= 0.3 is 0 Å². The molecule has 0 N–H and O–H groups in total. The first kappa shape index (κ1) is 14.4. The number of halogens is 2. The van der Waals surface area contributed by atoms with Gasteiger partial charge in [0.25, 0.3) is 0 Å². The van der Waals surface area contributed by atoms with Gasteiger partial charge in [0.1, 0.15) is 5.82 Å². The average Bonchev–Trinajstić information content (AvgIpc) is 2.49. The summed E-state index contributed by atoms with van der Waals surface area (Å²) < 4.78 is 13.2. The topological polar surface area (TPSA) is 6.48 Å². The molecule has 1 aliphatic rings. The number of nitrogens with zero attached hydrogens (tertiary/aromatic N) is 2. The fraction of sp³-hybridized carbons (Fsp3) is 0.294. The van der Waals surface area contributed by atoms with Gasteiger partial charge in [0.05, 0.1) is 10.7 Å². The zero-order chi connectivity index (χ0) is 14.7. The van der Waals surface area contributed by atoms with E-state index in [9.17, 15) is 4.39 Å². The molecule has 0 spiro atoms. The highest BCUT2D eigenvalue weighted by Crippen LogP contribution is 2.26. The zero-order valence-electron chi connectivity index (χ0n) is 11.8. The van der Waals surface area contributed by atoms with Gasteiger partial charge in [0.15, 0.2) is 0 Å². The molecule has 0 radical (unpaired) electrons. The lowest BCUT2D eigenvalue weighted by Crippen LogP contribution is -2.46. The summed E-state index contributed by atoms with van der Waals surface area (Å²) in [4.78, 5) is 4.66. The third-order valence-electron chi connectivity index (χ3n) is 3.86. The highest BCUT2D eigenvalue weighted by atomic mass is 35.5. The second-order valence-electron chi connectivity index (χ2n) is 5.34. The Kier molecular flexibility index (Phi) is 4.42. The second kappa shape index (κ2) is 6.46. The number of para-hydroxylation sites is 1. The fourth-order valence-corrected chi connectivity index (χ4v) is 3.00. The summed E-state index contributed by atoms with van der Waals surface area (Å²) >= 11 is 6.24. The molecule has 0 saturated carbocycles. The number of rotatable bonds is 3. The van der Waals surface area contributed by atoms with E-state index in [0.29, 0.717) is 0 Å². The Bertz CT molecular complexity index is 609. The van der Waals surface area contributed by atoms with Gasteiger partial charge in [0.2, 0.25) is 0 Å². The van der Waals surface area contributed by atoms with Crippen LogP contribution in [0, 0.1) is 5.82 Å². The Balaban J connectivity index is 1.59. The second-order valence-corrected chi connectivity index (χ2v) is 5.75. The molecule has 2 aromatic carbocycles. The van der Waals surface area contributed by atoms with Crippen LogP contribution in [0.3, 0.4) is 0 Å². The molecule has 2 nitrogen and oxygen atoms in total. The van der Waals surface area contributed by atoms with Crippen molar-refractivity contribution in [3.05, 3.63) is 64.9 Å². The van der Waals surface area contributed by atoms with Crippen LogP contribution < -0.4 is 4.90 Å². The van der Waals surface area contributed by atoms with Crippen molar-refractivity contribution in [2.45, 2.75) is 6.54 Å². The first-order chi connectivity index (χ1) is 10.2. The van der Waals surface area contributed by atoms with Crippen LogP contribution in [-0.4, -0.2) is 31.1 Å². The minimum absolute atomic E-state index is 0.165. The quantitative estimate of drug-likeness (QED) is 0.851. The van der Waals surface area contributed by atoms with Gasteiger partial charge in [0, 0.05) is 32.7 Å². The molecule has 0 aromatic heterocycles. The van der Waals surface area contributed by atoms with Crippen LogP contribution in [0.15, 0.2) is 48.5 Å². The Morgan fingerprint density at radius 2 is 1.71 bits per heavy atom. The van der Waals surface area contributed by atoms with Gasteiger partial charge < -0.3 is 4.90 Å². The van der Waals surface area contributed by atoms with Crippen LogP contribution in [-0.2, 0) is 6.54 Å². The van der Waals surface area contributed by atoms with Crippen molar-refractivity contribution in [1.82, 2.24) is 4.90 Å². The van der Waals surface area contributed by atoms with Crippen LogP contribution in [0.1, 0.15) is 5.56 Å². The van der Waals surface area contributed by atoms with Crippen molar-refractivity contribution < 1.29 is 4.39 Å². The van der Waals surface area contributed by atoms with Crippen LogP contribution in [0.4, 0.5) is 10.1 Å². The normalized spacial score (nSPS) is 16.2. The van der Waals surface area contributed by atoms with E-state index in [0.717, 1.165) is 49.0 Å². The predicted octanol–water partition coefficient (Wildman–Crippen LogP) is 3.80. The summed E-state index contributed by atoms with van der Waals surface area (Å²) in [5, 5.41) is 0.802. The molecule has 0 aliphatic carbocycles. The molecule has 3 rings (SSSR count). The lowest BCUT2D eigenvalue weighted by Gasteiger charge is -2.36. The molecule has 4 heteroatoms. The van der Waals surface area contributed by atoms with Crippen molar-refractivity contribution in [2.75, 3.05) is 31.1 Å². The molecule has 21 heavy (non-hydrogen) atoms. The first-order valence-corrected chi connectivity index (χ1v) is 7.56. The van der Waals surface area contributed by atoms with Crippen LogP contribution in [0.5, 0.6) is 0 Å². The molecule has 0 bridgehead atoms. The minimum Gasteiger partial charge on any atom is -0.368 e. The standard InChI is InChI=1S/C17H18ClFN2/c18-16-6-1-2-7-17(16)21-10-8-20(9-11-21)13-14-4-3-5-15(19)12-14/h1-7,12H,8-11,13H2. The van der Waals surface area contributed by atoms with E-state index < -0.39 is 0 Å². The summed E-state index contributed by atoms with van der Waals surface area (Å²) in [6, 6.07) is 14.8. The van der Waals surface area contributed by atoms with Crippen molar-refractivity contribution >= 4 is 17.3 Å². The van der Waals surface area contributed by atoms with Gasteiger partial charge in [-0.2, -0.15) is 0 Å². The minimum atomic E-state index is -0.165. The molecule has 0 amide bonds. The van der Waals surface area contributed by atoms with E-state index in [4.69, 9.17) is 11.6 Å². The maximum atomic E-state index is 13.2. The summed E-state index contributed by atoms with van der Waals surface area (Å²) in [5.41, 5.74) is 2.13. The lowest BCUT2D eigenvalue weighted by atomic mass is 10.2. The molecule has 0 unspecified atom stereocenters. The van der Waals surface area contributed by atoms with Gasteiger partial charge in [-0.3, -0.25) is 4.90 Å². The molecular formula is C17H18ClFN2. The van der Waals surface area contributed by atoms with E-state index >= 15 is 0 Å². The van der Waals surface area contributed by atoms with Crippen molar-refractivity contribution in [3.8, 4) is 0 Å². The lowest BCUT2D eigenvalue weighted by molar-refractivity contribution is 0.249. The number of piperazine rings is 1. The summed E-state index contributed by atoms with van der Waals surface area (Å²) in [6.45, 7) is 4.61. The Morgan fingerprint density at radius 1 is 0.952 bits per heavy atom. The van der Waals surface area contributed by atoms with E-state index in [-0.39, 0.29) is 5.82 Å². The number of hydrogen-bond donors (Lipinski definition) is 0. The van der Waals surface area contributed by atoms with E-state index in [1.54, 1.807) is 12.1 Å². The van der Waals surface area contributed by atoms with Crippen molar-refractivity contribution in [3.63, 3.8) is 0 Å². The number of benzene rings is 2. The highest BCUT2D eigenvalue weighted by molar-refractivity contribution is 6.33. The smallest absolute Gasteiger partial charge is 0.123 e. The summed E-state index contributed by atoms with van der Waals surface area (Å²) in [5.74, 6) is -0.165. The van der Waals surface area contributed by atoms with Gasteiger partial charge in [-0.05, 0) is 29.8 Å². The third kappa shape index (κ3) is 3.55. The Hall–Kier alpha value is -1.58. The zero-order valence-corrected chi connectivity index (χ0v) is 12.6. The third-order valence-corrected chi connectivity index (χ3v) is 4.18. The monoisotopic (exact) mass is 304 g/mol. The summed E-state index contributed by atoms with van der Waals surface area (Å²) in [7, 11) is 0. The highest BCUT2D eigenvalue weighted by Gasteiger charge is 2.18. The summed E-state index contributed by atoms with van der Waals surface area (Å²) in [6.07, 6.45) is 0. The molecule has 1 heterocycles. The molecule has 2 aromatic rings. The Labute approximate surface area is 129 Å². The maximum absolute atomic E-state index is 13.2. The fourth-order valence-electron chi connectivity index (χ4n) is 2.75. The molecule has 110 valence electrons. The van der Waals surface area contributed by atoms with Gasteiger partial charge in [-0.25, -0.2) is 4.39 Å². The van der Waals surface area contributed by atoms with Crippen LogP contribution >= 0.6 is 11.6 Å². The Morgan fingerprint density at radius 3 is 2.43 bits per heavy atom. The van der Waals surface area contributed by atoms with E-state index in [1.165, 1.54) is 6.07 Å². The van der Waals surface area contributed by atoms with Crippen molar-refractivity contribution in [2.24, 2.45) is 0 Å². The van der Waals surface area contributed by atoms with Crippen molar-refractivity contribution in [1.29, 1.82) is 0 Å². The molecular weight excluding hydrogens is 287 g/mol. The first-order valence-electron chi connectivity index (χ1n) is 7.18. The molecule has 0 atom stereocenters. The average molecular weight is 305 g/mol. The maximum Gasteiger partial charge on any atom is 0.123 e. The molecule has 1 saturated heterocycles. The van der Waals surface area contributed by atoms with E-state index in [2.05, 4.69) is 15.9 Å². The largest absolute Gasteiger partial charge is 0.368 e. The van der Waals surface area contributed by atoms with Crippen LogP contribution in [0.2, 0.25) is 5.02 Å².